The lowest BCUT2D eigenvalue weighted by Crippen LogP contribution is -2.46. The zero-order valence-corrected chi connectivity index (χ0v) is 12.4. The predicted molar refractivity (Wildman–Crippen MR) is 77.5 cm³/mol. The first-order valence-corrected chi connectivity index (χ1v) is 8.95. The number of carbonyl (C=O) groups excluding carboxylic acids is 1. The highest BCUT2D eigenvalue weighted by Crippen LogP contribution is 2.27. The molecule has 1 amide bonds. The lowest BCUT2D eigenvalue weighted by molar-refractivity contribution is -0.137. The summed E-state index contributed by atoms with van der Waals surface area (Å²) in [6.07, 6.45) is 9.10. The number of sulfone groups is 1. The fourth-order valence-corrected chi connectivity index (χ4v) is 4.84. The van der Waals surface area contributed by atoms with Crippen LogP contribution in [-0.2, 0) is 14.6 Å². The van der Waals surface area contributed by atoms with E-state index in [1.54, 1.807) is 4.90 Å². The maximum atomic E-state index is 12.6. The van der Waals surface area contributed by atoms with Gasteiger partial charge in [0, 0.05) is 18.0 Å². The minimum absolute atomic E-state index is 0.0111. The van der Waals surface area contributed by atoms with E-state index in [0.29, 0.717) is 6.42 Å². The molecule has 0 spiro atoms. The van der Waals surface area contributed by atoms with Crippen LogP contribution in [0.2, 0.25) is 0 Å². The Morgan fingerprint density at radius 3 is 2.40 bits per heavy atom. The average molecular weight is 298 g/mol. The van der Waals surface area contributed by atoms with Crippen LogP contribution in [0, 0.1) is 18.3 Å². The lowest BCUT2D eigenvalue weighted by Gasteiger charge is -2.33. The summed E-state index contributed by atoms with van der Waals surface area (Å²) in [5.41, 5.74) is 5.85. The molecule has 112 valence electrons. The van der Waals surface area contributed by atoms with E-state index in [2.05, 4.69) is 5.92 Å². The van der Waals surface area contributed by atoms with Gasteiger partial charge in [-0.2, -0.15) is 0 Å². The van der Waals surface area contributed by atoms with Crippen LogP contribution in [0.4, 0.5) is 0 Å². The number of carbonyl (C=O) groups is 1. The van der Waals surface area contributed by atoms with Gasteiger partial charge in [-0.1, -0.05) is 5.92 Å². The van der Waals surface area contributed by atoms with Crippen molar-refractivity contribution in [3.63, 3.8) is 0 Å². The molecule has 1 saturated heterocycles. The van der Waals surface area contributed by atoms with Gasteiger partial charge in [-0.25, -0.2) is 8.42 Å². The van der Waals surface area contributed by atoms with Crippen molar-refractivity contribution in [2.24, 2.45) is 11.7 Å². The van der Waals surface area contributed by atoms with E-state index < -0.39 is 9.84 Å². The monoisotopic (exact) mass is 298 g/mol. The minimum Gasteiger partial charge on any atom is -0.328 e. The van der Waals surface area contributed by atoms with E-state index in [-0.39, 0.29) is 42.0 Å². The molecule has 0 radical (unpaired) electrons. The highest BCUT2D eigenvalue weighted by atomic mass is 32.2. The van der Waals surface area contributed by atoms with Crippen molar-refractivity contribution in [3.05, 3.63) is 0 Å². The third kappa shape index (κ3) is 3.53. The van der Waals surface area contributed by atoms with E-state index in [0.717, 1.165) is 25.7 Å². The van der Waals surface area contributed by atoms with Crippen LogP contribution in [0.5, 0.6) is 0 Å². The lowest BCUT2D eigenvalue weighted by atomic mass is 9.85. The molecule has 1 atom stereocenters. The van der Waals surface area contributed by atoms with Crippen LogP contribution in [0.15, 0.2) is 0 Å². The van der Waals surface area contributed by atoms with Crippen molar-refractivity contribution in [1.29, 1.82) is 0 Å². The molecule has 0 aromatic carbocycles. The molecule has 0 aromatic heterocycles. The largest absolute Gasteiger partial charge is 0.328 e. The second kappa shape index (κ2) is 6.15. The van der Waals surface area contributed by atoms with Gasteiger partial charge in [0.1, 0.15) is 0 Å². The van der Waals surface area contributed by atoms with Gasteiger partial charge in [-0.15, -0.1) is 6.42 Å². The Hall–Kier alpha value is -1.06. The topological polar surface area (TPSA) is 80.5 Å². The van der Waals surface area contributed by atoms with Gasteiger partial charge in [0.25, 0.3) is 0 Å². The summed E-state index contributed by atoms with van der Waals surface area (Å²) in [4.78, 5) is 14.2. The van der Waals surface area contributed by atoms with Crippen LogP contribution >= 0.6 is 0 Å². The van der Waals surface area contributed by atoms with Crippen molar-refractivity contribution in [2.45, 2.75) is 44.2 Å². The molecule has 1 aliphatic carbocycles. The van der Waals surface area contributed by atoms with Gasteiger partial charge in [-0.3, -0.25) is 4.79 Å². The highest BCUT2D eigenvalue weighted by Gasteiger charge is 2.37. The zero-order valence-electron chi connectivity index (χ0n) is 11.6. The standard InChI is InChI=1S/C14H22N2O3S/c1-2-8-16(13-7-9-20(18,19)10-13)14(17)11-3-5-12(15)6-4-11/h1,11-13H,3-10,15H2. The molecule has 2 aliphatic rings. The summed E-state index contributed by atoms with van der Waals surface area (Å²) in [6, 6.07) is -0.0638. The number of hydrogen-bond donors (Lipinski definition) is 1. The molecule has 2 N–H and O–H groups in total. The van der Waals surface area contributed by atoms with Gasteiger partial charge in [0.2, 0.25) is 5.91 Å². The number of rotatable bonds is 3. The normalized spacial score (nSPS) is 32.5. The summed E-state index contributed by atoms with van der Waals surface area (Å²) in [5.74, 6) is 2.65. The molecule has 2 fully saturated rings. The Bertz CT molecular complexity index is 501. The molecule has 2 rings (SSSR count). The molecule has 20 heavy (non-hydrogen) atoms. The second-order valence-corrected chi connectivity index (χ2v) is 8.07. The number of terminal acetylenes is 1. The quantitative estimate of drug-likeness (QED) is 0.752. The van der Waals surface area contributed by atoms with Crippen LogP contribution in [0.1, 0.15) is 32.1 Å². The molecule has 0 bridgehead atoms. The van der Waals surface area contributed by atoms with Gasteiger partial charge in [-0.05, 0) is 32.1 Å². The molecule has 1 aliphatic heterocycles. The zero-order chi connectivity index (χ0) is 14.8. The van der Waals surface area contributed by atoms with Crippen molar-refractivity contribution in [1.82, 2.24) is 4.90 Å². The summed E-state index contributed by atoms with van der Waals surface area (Å²) in [6.45, 7) is 0.196. The van der Waals surface area contributed by atoms with Crippen LogP contribution < -0.4 is 5.73 Å². The Morgan fingerprint density at radius 2 is 1.90 bits per heavy atom. The number of hydrogen-bond acceptors (Lipinski definition) is 4. The van der Waals surface area contributed by atoms with Gasteiger partial charge in [0.15, 0.2) is 9.84 Å². The number of nitrogens with zero attached hydrogens (tertiary/aromatic N) is 1. The van der Waals surface area contributed by atoms with E-state index in [1.807, 2.05) is 0 Å². The fraction of sp³-hybridized carbons (Fsp3) is 0.786. The smallest absolute Gasteiger partial charge is 0.226 e. The van der Waals surface area contributed by atoms with Crippen molar-refractivity contribution in [2.75, 3.05) is 18.1 Å². The molecular formula is C14H22N2O3S. The van der Waals surface area contributed by atoms with E-state index >= 15 is 0 Å². The van der Waals surface area contributed by atoms with Gasteiger partial charge in [0.05, 0.1) is 18.1 Å². The van der Waals surface area contributed by atoms with E-state index in [4.69, 9.17) is 12.2 Å². The third-order valence-electron chi connectivity index (χ3n) is 4.31. The Balaban J connectivity index is 2.05. The van der Waals surface area contributed by atoms with Crippen molar-refractivity contribution < 1.29 is 13.2 Å². The maximum Gasteiger partial charge on any atom is 0.226 e. The Morgan fingerprint density at radius 1 is 1.25 bits per heavy atom. The number of amides is 1. The maximum absolute atomic E-state index is 12.6. The van der Waals surface area contributed by atoms with E-state index in [9.17, 15) is 13.2 Å². The predicted octanol–water partition coefficient (Wildman–Crippen LogP) is 0.153. The Labute approximate surface area is 120 Å². The number of nitrogens with two attached hydrogens (primary N) is 1. The summed E-state index contributed by atoms with van der Waals surface area (Å²) < 4.78 is 23.2. The highest BCUT2D eigenvalue weighted by molar-refractivity contribution is 7.91. The van der Waals surface area contributed by atoms with E-state index in [1.165, 1.54) is 0 Å². The molecule has 0 aromatic rings. The Kier molecular flexibility index (Phi) is 4.71. The SMILES string of the molecule is C#CCN(C(=O)C1CCC(N)CC1)C1CCS(=O)(=O)C1. The molecule has 5 nitrogen and oxygen atoms in total. The first-order chi connectivity index (χ1) is 9.43. The first kappa shape index (κ1) is 15.3. The molecule has 1 saturated carbocycles. The van der Waals surface area contributed by atoms with Gasteiger partial charge < -0.3 is 10.6 Å². The average Bonchev–Trinajstić information content (AvgIpc) is 2.76. The van der Waals surface area contributed by atoms with Crippen LogP contribution in [-0.4, -0.2) is 49.4 Å². The first-order valence-electron chi connectivity index (χ1n) is 7.13. The van der Waals surface area contributed by atoms with Gasteiger partial charge >= 0.3 is 0 Å². The fourth-order valence-electron chi connectivity index (χ4n) is 3.11. The van der Waals surface area contributed by atoms with Crippen LogP contribution in [0.3, 0.4) is 0 Å². The molecule has 1 heterocycles. The summed E-state index contributed by atoms with van der Waals surface area (Å²) in [5, 5.41) is 0. The van der Waals surface area contributed by atoms with Crippen molar-refractivity contribution in [3.8, 4) is 12.3 Å². The van der Waals surface area contributed by atoms with Crippen LogP contribution in [0.25, 0.3) is 0 Å². The minimum atomic E-state index is -3.01. The second-order valence-electron chi connectivity index (χ2n) is 5.84. The molecule has 6 heteroatoms. The molecular weight excluding hydrogens is 276 g/mol. The summed E-state index contributed by atoms with van der Waals surface area (Å²) in [7, 11) is -3.01. The summed E-state index contributed by atoms with van der Waals surface area (Å²) >= 11 is 0. The third-order valence-corrected chi connectivity index (χ3v) is 6.07. The molecule has 1 unspecified atom stereocenters. The van der Waals surface area contributed by atoms with Crippen molar-refractivity contribution >= 4 is 15.7 Å².